The molecule has 1 aromatic heterocycles. The third-order valence-electron chi connectivity index (χ3n) is 4.13. The van der Waals surface area contributed by atoms with E-state index in [0.717, 1.165) is 25.5 Å². The number of rotatable bonds is 7. The number of hydrogen-bond donors (Lipinski definition) is 1. The van der Waals surface area contributed by atoms with E-state index >= 15 is 0 Å². The van der Waals surface area contributed by atoms with E-state index < -0.39 is 0 Å². The molecule has 1 N–H and O–H groups in total. The topological polar surface area (TPSA) is 37.4 Å². The largest absolute Gasteiger partial charge is 0.383 e. The maximum Gasteiger partial charge on any atom is 0.131 e. The van der Waals surface area contributed by atoms with E-state index in [9.17, 15) is 0 Å². The summed E-state index contributed by atoms with van der Waals surface area (Å²) in [6, 6.07) is 2.92. The second-order valence-corrected chi connectivity index (χ2v) is 5.70. The predicted molar refractivity (Wildman–Crippen MR) is 83.2 cm³/mol. The molecule has 1 aliphatic carbocycles. The number of anilines is 1. The Morgan fingerprint density at radius 1 is 1.40 bits per heavy atom. The summed E-state index contributed by atoms with van der Waals surface area (Å²) in [5.74, 6) is 1.14. The first-order chi connectivity index (χ1) is 9.72. The van der Waals surface area contributed by atoms with E-state index in [1.165, 1.54) is 36.8 Å². The third kappa shape index (κ3) is 3.93. The Bertz CT molecular complexity index is 416. The lowest BCUT2D eigenvalue weighted by atomic mass is 10.1. The first-order valence-corrected chi connectivity index (χ1v) is 7.60. The fourth-order valence-electron chi connectivity index (χ4n) is 2.96. The molecule has 0 aliphatic heterocycles. The van der Waals surface area contributed by atoms with Gasteiger partial charge in [-0.15, -0.1) is 0 Å². The Morgan fingerprint density at radius 3 is 2.80 bits per heavy atom. The molecule has 4 nitrogen and oxygen atoms in total. The molecule has 0 radical (unpaired) electrons. The van der Waals surface area contributed by atoms with Crippen LogP contribution in [0.2, 0.25) is 0 Å². The van der Waals surface area contributed by atoms with Crippen molar-refractivity contribution in [3.05, 3.63) is 23.4 Å². The Hall–Kier alpha value is -1.13. The lowest BCUT2D eigenvalue weighted by Gasteiger charge is -2.27. The molecule has 1 aromatic rings. The van der Waals surface area contributed by atoms with Gasteiger partial charge in [0.1, 0.15) is 5.82 Å². The van der Waals surface area contributed by atoms with Gasteiger partial charge in [0.15, 0.2) is 0 Å². The predicted octanol–water partition coefficient (Wildman–Crippen LogP) is 2.50. The molecule has 1 aliphatic rings. The summed E-state index contributed by atoms with van der Waals surface area (Å²) in [5, 5.41) is 3.36. The minimum atomic E-state index is 0.673. The molecule has 20 heavy (non-hydrogen) atoms. The highest BCUT2D eigenvalue weighted by atomic mass is 16.5. The van der Waals surface area contributed by atoms with Crippen LogP contribution in [0.1, 0.15) is 36.8 Å². The molecule has 0 unspecified atom stereocenters. The highest BCUT2D eigenvalue weighted by molar-refractivity contribution is 5.47. The SMILES string of the molecule is COCCNCc1cnc(N(C)C2CCCC2)c(C)c1. The zero-order valence-electron chi connectivity index (χ0n) is 13.0. The van der Waals surface area contributed by atoms with Crippen molar-refractivity contribution in [3.8, 4) is 0 Å². The van der Waals surface area contributed by atoms with Gasteiger partial charge in [0.05, 0.1) is 6.61 Å². The Balaban J connectivity index is 1.94. The number of aromatic nitrogens is 1. The van der Waals surface area contributed by atoms with Crippen molar-refractivity contribution in [3.63, 3.8) is 0 Å². The fourth-order valence-corrected chi connectivity index (χ4v) is 2.96. The molecule has 0 aromatic carbocycles. The molecule has 112 valence electrons. The lowest BCUT2D eigenvalue weighted by Crippen LogP contribution is -2.30. The van der Waals surface area contributed by atoms with Crippen molar-refractivity contribution in [2.24, 2.45) is 0 Å². The highest BCUT2D eigenvalue weighted by Gasteiger charge is 2.21. The van der Waals surface area contributed by atoms with Gasteiger partial charge in [0.25, 0.3) is 0 Å². The van der Waals surface area contributed by atoms with Crippen LogP contribution in [0, 0.1) is 6.92 Å². The average molecular weight is 277 g/mol. The molecule has 0 saturated heterocycles. The Morgan fingerprint density at radius 2 is 2.15 bits per heavy atom. The fraction of sp³-hybridized carbons (Fsp3) is 0.688. The summed E-state index contributed by atoms with van der Waals surface area (Å²) in [6.45, 7) is 4.63. The molecule has 1 heterocycles. The van der Waals surface area contributed by atoms with E-state index in [0.29, 0.717) is 6.04 Å². The number of nitrogens with one attached hydrogen (secondary N) is 1. The zero-order chi connectivity index (χ0) is 14.4. The van der Waals surface area contributed by atoms with Crippen LogP contribution < -0.4 is 10.2 Å². The Labute approximate surface area is 122 Å². The summed E-state index contributed by atoms with van der Waals surface area (Å²) in [5.41, 5.74) is 2.51. The smallest absolute Gasteiger partial charge is 0.131 e. The van der Waals surface area contributed by atoms with Crippen molar-refractivity contribution >= 4 is 5.82 Å². The molecule has 2 rings (SSSR count). The molecule has 4 heteroatoms. The van der Waals surface area contributed by atoms with E-state index in [1.807, 2.05) is 6.20 Å². The van der Waals surface area contributed by atoms with Crippen LogP contribution in [-0.4, -0.2) is 38.3 Å². The van der Waals surface area contributed by atoms with Crippen LogP contribution in [0.15, 0.2) is 12.3 Å². The molecular weight excluding hydrogens is 250 g/mol. The average Bonchev–Trinajstić information content (AvgIpc) is 2.97. The van der Waals surface area contributed by atoms with Gasteiger partial charge in [0, 0.05) is 39.5 Å². The number of nitrogens with zero attached hydrogens (tertiary/aromatic N) is 2. The first-order valence-electron chi connectivity index (χ1n) is 7.60. The Kier molecular flexibility index (Phi) is 5.80. The summed E-state index contributed by atoms with van der Waals surface area (Å²) in [7, 11) is 3.91. The second-order valence-electron chi connectivity index (χ2n) is 5.70. The van der Waals surface area contributed by atoms with Crippen LogP contribution in [0.25, 0.3) is 0 Å². The lowest BCUT2D eigenvalue weighted by molar-refractivity contribution is 0.199. The van der Waals surface area contributed by atoms with Gasteiger partial charge in [-0.1, -0.05) is 12.8 Å². The van der Waals surface area contributed by atoms with Crippen molar-refractivity contribution in [2.75, 3.05) is 32.2 Å². The summed E-state index contributed by atoms with van der Waals surface area (Å²) in [4.78, 5) is 7.04. The molecule has 1 saturated carbocycles. The van der Waals surface area contributed by atoms with Crippen LogP contribution in [0.4, 0.5) is 5.82 Å². The van der Waals surface area contributed by atoms with Crippen LogP contribution in [0.5, 0.6) is 0 Å². The molecular formula is C16H27N3O. The van der Waals surface area contributed by atoms with Gasteiger partial charge in [-0.3, -0.25) is 0 Å². The molecule has 0 atom stereocenters. The van der Waals surface area contributed by atoms with Gasteiger partial charge in [-0.25, -0.2) is 4.98 Å². The normalized spacial score (nSPS) is 15.8. The quantitative estimate of drug-likeness (QED) is 0.777. The van der Waals surface area contributed by atoms with Gasteiger partial charge in [-0.2, -0.15) is 0 Å². The summed E-state index contributed by atoms with van der Waals surface area (Å²) >= 11 is 0. The molecule has 0 amide bonds. The number of aryl methyl sites for hydroxylation is 1. The van der Waals surface area contributed by atoms with E-state index in [1.54, 1.807) is 7.11 Å². The van der Waals surface area contributed by atoms with Gasteiger partial charge in [0.2, 0.25) is 0 Å². The maximum atomic E-state index is 5.03. The van der Waals surface area contributed by atoms with Crippen molar-refractivity contribution < 1.29 is 4.74 Å². The van der Waals surface area contributed by atoms with E-state index in [-0.39, 0.29) is 0 Å². The summed E-state index contributed by atoms with van der Waals surface area (Å²) < 4.78 is 5.03. The standard InChI is InChI=1S/C16H27N3O/c1-13-10-14(11-17-8-9-20-3)12-18-16(13)19(2)15-6-4-5-7-15/h10,12,15,17H,4-9,11H2,1-3H3. The minimum absolute atomic E-state index is 0.673. The first kappa shape index (κ1) is 15.3. The van der Waals surface area contributed by atoms with Crippen molar-refractivity contribution in [1.29, 1.82) is 0 Å². The van der Waals surface area contributed by atoms with Crippen molar-refractivity contribution in [1.82, 2.24) is 10.3 Å². The maximum absolute atomic E-state index is 5.03. The summed E-state index contributed by atoms with van der Waals surface area (Å²) in [6.07, 6.45) is 7.31. The van der Waals surface area contributed by atoms with Crippen LogP contribution >= 0.6 is 0 Å². The highest BCUT2D eigenvalue weighted by Crippen LogP contribution is 2.27. The third-order valence-corrected chi connectivity index (χ3v) is 4.13. The second kappa shape index (κ2) is 7.60. The minimum Gasteiger partial charge on any atom is -0.383 e. The van der Waals surface area contributed by atoms with E-state index in [2.05, 4.69) is 35.2 Å². The van der Waals surface area contributed by atoms with Gasteiger partial charge in [-0.05, 0) is 37.0 Å². The molecule has 0 bridgehead atoms. The molecule has 1 fully saturated rings. The van der Waals surface area contributed by atoms with Crippen molar-refractivity contribution in [2.45, 2.75) is 45.2 Å². The van der Waals surface area contributed by atoms with Gasteiger partial charge >= 0.3 is 0 Å². The monoisotopic (exact) mass is 277 g/mol. The molecule has 0 spiro atoms. The zero-order valence-corrected chi connectivity index (χ0v) is 13.0. The van der Waals surface area contributed by atoms with E-state index in [4.69, 9.17) is 4.74 Å². The number of pyridine rings is 1. The van der Waals surface area contributed by atoms with Crippen LogP contribution in [-0.2, 0) is 11.3 Å². The number of ether oxygens (including phenoxy) is 1. The van der Waals surface area contributed by atoms with Crippen LogP contribution in [0.3, 0.4) is 0 Å². The van der Waals surface area contributed by atoms with Gasteiger partial charge < -0.3 is 15.0 Å². The number of methoxy groups -OCH3 is 1. The number of hydrogen-bond acceptors (Lipinski definition) is 4.